The van der Waals surface area contributed by atoms with Crippen LogP contribution in [-0.4, -0.2) is 61.1 Å². The number of benzene rings is 1. The number of hydrogen-bond acceptors (Lipinski definition) is 6. The fourth-order valence-corrected chi connectivity index (χ4v) is 5.25. The minimum absolute atomic E-state index is 0.247. The number of rotatable bonds is 7. The third kappa shape index (κ3) is 6.74. The Morgan fingerprint density at radius 1 is 1.11 bits per heavy atom. The second-order valence-electron chi connectivity index (χ2n) is 9.44. The number of likely N-dealkylation sites (N-methyl/N-ethyl adjacent to an activating group) is 1. The fourth-order valence-electron chi connectivity index (χ4n) is 4.30. The van der Waals surface area contributed by atoms with E-state index in [1.165, 1.54) is 11.1 Å². The number of anilines is 1. The Labute approximate surface area is 214 Å². The van der Waals surface area contributed by atoms with Crippen LogP contribution in [0, 0.1) is 5.92 Å². The summed E-state index contributed by atoms with van der Waals surface area (Å²) in [6.45, 7) is 5.51. The summed E-state index contributed by atoms with van der Waals surface area (Å²) in [7, 11) is 2.11. The van der Waals surface area contributed by atoms with Gasteiger partial charge in [0.2, 0.25) is 5.91 Å². The SMILES string of the molecule is CC(C)OC(=O)NC1CC1[C@@H](NC(=O)c1ccc(Cl)s1)C(=O)Nc1ccc2c(c1)CCN(C)CC2. The third-order valence-electron chi connectivity index (χ3n) is 6.28. The molecule has 4 rings (SSSR count). The first-order valence-corrected chi connectivity index (χ1v) is 13.0. The topological polar surface area (TPSA) is 99.8 Å². The molecule has 1 aliphatic carbocycles. The Morgan fingerprint density at radius 3 is 2.54 bits per heavy atom. The molecule has 3 N–H and O–H groups in total. The molecule has 10 heteroatoms. The lowest BCUT2D eigenvalue weighted by atomic mass is 10.0. The van der Waals surface area contributed by atoms with Gasteiger partial charge in [-0.05, 0) is 75.5 Å². The Morgan fingerprint density at radius 2 is 1.86 bits per heavy atom. The summed E-state index contributed by atoms with van der Waals surface area (Å²) in [6.07, 6.45) is 1.68. The van der Waals surface area contributed by atoms with E-state index in [9.17, 15) is 14.4 Å². The van der Waals surface area contributed by atoms with Crippen molar-refractivity contribution in [3.8, 4) is 0 Å². The summed E-state index contributed by atoms with van der Waals surface area (Å²) in [6, 6.07) is 8.19. The smallest absolute Gasteiger partial charge is 0.407 e. The van der Waals surface area contributed by atoms with E-state index in [0.717, 1.165) is 37.3 Å². The predicted molar refractivity (Wildman–Crippen MR) is 137 cm³/mol. The van der Waals surface area contributed by atoms with Crippen LogP contribution in [0.3, 0.4) is 0 Å². The maximum atomic E-state index is 13.4. The number of ether oxygens (including phenoxy) is 1. The third-order valence-corrected chi connectivity index (χ3v) is 7.51. The Hall–Kier alpha value is -2.62. The molecule has 3 amide bonds. The normalized spacial score (nSPS) is 20.4. The number of carbonyl (C=O) groups is 3. The zero-order valence-corrected chi connectivity index (χ0v) is 21.7. The van der Waals surface area contributed by atoms with Gasteiger partial charge in [0.05, 0.1) is 15.3 Å². The maximum absolute atomic E-state index is 13.4. The molecule has 2 aliphatic rings. The van der Waals surface area contributed by atoms with E-state index in [0.29, 0.717) is 21.3 Å². The van der Waals surface area contributed by atoms with Crippen LogP contribution in [0.4, 0.5) is 10.5 Å². The lowest BCUT2D eigenvalue weighted by molar-refractivity contribution is -0.118. The van der Waals surface area contributed by atoms with Crippen LogP contribution in [0.25, 0.3) is 0 Å². The number of amides is 3. The summed E-state index contributed by atoms with van der Waals surface area (Å²) in [5, 5.41) is 8.62. The second kappa shape index (κ2) is 11.0. The van der Waals surface area contributed by atoms with E-state index < -0.39 is 12.1 Å². The molecule has 0 spiro atoms. The highest BCUT2D eigenvalue weighted by atomic mass is 35.5. The monoisotopic (exact) mass is 518 g/mol. The van der Waals surface area contributed by atoms with E-state index in [2.05, 4.69) is 34.0 Å². The van der Waals surface area contributed by atoms with Gasteiger partial charge in [0.15, 0.2) is 0 Å². The number of fused-ring (bicyclic) bond motifs is 1. The van der Waals surface area contributed by atoms with Crippen molar-refractivity contribution >= 4 is 46.5 Å². The van der Waals surface area contributed by atoms with E-state index in [1.807, 2.05) is 12.1 Å². The molecule has 1 aromatic carbocycles. The average molecular weight is 519 g/mol. The first-order chi connectivity index (χ1) is 16.7. The van der Waals surface area contributed by atoms with Crippen molar-refractivity contribution in [3.63, 3.8) is 0 Å². The summed E-state index contributed by atoms with van der Waals surface area (Å²) in [5.41, 5.74) is 3.21. The van der Waals surface area contributed by atoms with Crippen LogP contribution < -0.4 is 16.0 Å². The number of carbonyl (C=O) groups excluding carboxylic acids is 3. The molecule has 3 atom stereocenters. The molecular formula is C25H31ClN4O4S. The largest absolute Gasteiger partial charge is 0.447 e. The Bertz CT molecular complexity index is 1100. The average Bonchev–Trinajstić information content (AvgIpc) is 3.45. The fraction of sp³-hybridized carbons (Fsp3) is 0.480. The summed E-state index contributed by atoms with van der Waals surface area (Å²) in [4.78, 5) is 40.9. The van der Waals surface area contributed by atoms with Crippen LogP contribution in [0.5, 0.6) is 0 Å². The van der Waals surface area contributed by atoms with E-state index in [4.69, 9.17) is 16.3 Å². The minimum Gasteiger partial charge on any atom is -0.447 e. The van der Waals surface area contributed by atoms with Crippen LogP contribution in [0.1, 0.15) is 41.1 Å². The molecule has 188 valence electrons. The van der Waals surface area contributed by atoms with Gasteiger partial charge in [-0.15, -0.1) is 11.3 Å². The van der Waals surface area contributed by atoms with Crippen molar-refractivity contribution in [1.29, 1.82) is 0 Å². The van der Waals surface area contributed by atoms with Gasteiger partial charge >= 0.3 is 6.09 Å². The molecule has 0 radical (unpaired) electrons. The van der Waals surface area contributed by atoms with Crippen molar-refractivity contribution in [3.05, 3.63) is 50.7 Å². The molecule has 1 aliphatic heterocycles. The zero-order valence-electron chi connectivity index (χ0n) is 20.1. The van der Waals surface area contributed by atoms with Crippen LogP contribution in [-0.2, 0) is 22.4 Å². The van der Waals surface area contributed by atoms with Crippen LogP contribution in [0.2, 0.25) is 4.34 Å². The number of thiophene rings is 1. The highest BCUT2D eigenvalue weighted by Crippen LogP contribution is 2.35. The predicted octanol–water partition coefficient (Wildman–Crippen LogP) is 3.69. The highest BCUT2D eigenvalue weighted by Gasteiger charge is 2.48. The number of halogens is 1. The molecule has 2 aromatic rings. The number of nitrogens with one attached hydrogen (secondary N) is 3. The first kappa shape index (κ1) is 25.5. The molecule has 2 heterocycles. The lowest BCUT2D eigenvalue weighted by Crippen LogP contribution is -2.47. The quantitative estimate of drug-likeness (QED) is 0.519. The number of hydrogen-bond donors (Lipinski definition) is 3. The van der Waals surface area contributed by atoms with Crippen LogP contribution in [0.15, 0.2) is 30.3 Å². The molecule has 1 fully saturated rings. The van der Waals surface area contributed by atoms with Gasteiger partial charge in [-0.25, -0.2) is 4.79 Å². The molecular weight excluding hydrogens is 488 g/mol. The standard InChI is InChI=1S/C25H31ClN4O4S/c1-14(2)34-25(33)28-19-13-18(19)22(29-23(31)20-6-7-21(26)35-20)24(32)27-17-5-4-15-8-10-30(3)11-9-16(15)12-17/h4-7,12,14,18-19,22H,8-11,13H2,1-3H3,(H,27,32)(H,28,33)(H,29,31)/t18?,19?,22-/m1/s1. The molecule has 2 unspecified atom stereocenters. The van der Waals surface area contributed by atoms with Crippen molar-refractivity contribution in [2.24, 2.45) is 5.92 Å². The molecule has 0 saturated heterocycles. The number of alkyl carbamates (subject to hydrolysis) is 1. The van der Waals surface area contributed by atoms with Gasteiger partial charge in [-0.3, -0.25) is 9.59 Å². The first-order valence-electron chi connectivity index (χ1n) is 11.8. The summed E-state index contributed by atoms with van der Waals surface area (Å²) < 4.78 is 5.65. The van der Waals surface area contributed by atoms with Crippen LogP contribution >= 0.6 is 22.9 Å². The van der Waals surface area contributed by atoms with Gasteiger partial charge < -0.3 is 25.6 Å². The molecule has 35 heavy (non-hydrogen) atoms. The Kier molecular flexibility index (Phi) is 7.98. The zero-order chi connectivity index (χ0) is 25.1. The van der Waals surface area contributed by atoms with E-state index in [1.54, 1.807) is 26.0 Å². The van der Waals surface area contributed by atoms with Crippen molar-refractivity contribution in [2.45, 2.75) is 51.3 Å². The maximum Gasteiger partial charge on any atom is 0.407 e. The second-order valence-corrected chi connectivity index (χ2v) is 11.2. The molecule has 8 nitrogen and oxygen atoms in total. The Balaban J connectivity index is 1.47. The van der Waals surface area contributed by atoms with Crippen molar-refractivity contribution < 1.29 is 19.1 Å². The van der Waals surface area contributed by atoms with Gasteiger partial charge in [0.1, 0.15) is 6.04 Å². The number of nitrogens with zero attached hydrogens (tertiary/aromatic N) is 1. The van der Waals surface area contributed by atoms with E-state index in [-0.39, 0.29) is 29.9 Å². The van der Waals surface area contributed by atoms with Gasteiger partial charge in [-0.2, -0.15) is 0 Å². The summed E-state index contributed by atoms with van der Waals surface area (Å²) >= 11 is 7.13. The van der Waals surface area contributed by atoms with E-state index >= 15 is 0 Å². The van der Waals surface area contributed by atoms with Crippen molar-refractivity contribution in [1.82, 2.24) is 15.5 Å². The van der Waals surface area contributed by atoms with Crippen molar-refractivity contribution in [2.75, 3.05) is 25.5 Å². The van der Waals surface area contributed by atoms with Gasteiger partial charge in [0.25, 0.3) is 5.91 Å². The molecule has 0 bridgehead atoms. The lowest BCUT2D eigenvalue weighted by Gasteiger charge is -2.19. The van der Waals surface area contributed by atoms with Gasteiger partial charge in [0, 0.05) is 30.7 Å². The van der Waals surface area contributed by atoms with Gasteiger partial charge in [-0.1, -0.05) is 17.7 Å². The summed E-state index contributed by atoms with van der Waals surface area (Å²) in [5.74, 6) is -0.941. The highest BCUT2D eigenvalue weighted by molar-refractivity contribution is 7.18. The molecule has 1 saturated carbocycles. The molecule has 1 aromatic heterocycles. The minimum atomic E-state index is -0.822.